The van der Waals surface area contributed by atoms with E-state index in [0.717, 1.165) is 24.0 Å². The Labute approximate surface area is 352 Å². The molecule has 0 aliphatic carbocycles. The fourth-order valence-electron chi connectivity index (χ4n) is 6.33. The summed E-state index contributed by atoms with van der Waals surface area (Å²) in [5, 5.41) is 8.73. The predicted molar refractivity (Wildman–Crippen MR) is 230 cm³/mol. The van der Waals surface area contributed by atoms with Crippen LogP contribution in [0.15, 0.2) is 121 Å². The Hall–Kier alpha value is -6.42. The predicted octanol–water partition coefficient (Wildman–Crippen LogP) is 11.9. The molecule has 0 spiro atoms. The number of hydrogen-bond acceptors (Lipinski definition) is 9. The molecule has 0 atom stereocenters. The van der Waals surface area contributed by atoms with Gasteiger partial charge in [0.05, 0.1) is 29.9 Å². The molecule has 0 aliphatic rings. The van der Waals surface area contributed by atoms with Gasteiger partial charge in [-0.2, -0.15) is 0 Å². The average Bonchev–Trinajstić information content (AvgIpc) is 3.26. The standard InChI is InChI=1S/C50H54O10/c1-2-3-4-5-6-7-8-9-10-12-34-56-42-26-20-39(21-27-42)49(54)59-45-32-24-40(25-33-45)50(55)60-46-16-14-15-41(36-46)37-18-30-44(31-19-37)58-48(53)38-22-28-43(29-23-38)57-35-13-11-17-47(51)52/h14-16,18-33,36H,2-13,17,34-35H2,1H3,(H,51,52). The highest BCUT2D eigenvalue weighted by atomic mass is 16.5. The molecule has 10 heteroatoms. The molecule has 0 saturated carbocycles. The summed E-state index contributed by atoms with van der Waals surface area (Å²) in [5.41, 5.74) is 2.62. The molecule has 0 aliphatic heterocycles. The summed E-state index contributed by atoms with van der Waals surface area (Å²) in [6.45, 7) is 3.27. The molecule has 0 unspecified atom stereocenters. The quantitative estimate of drug-likeness (QED) is 0.0344. The van der Waals surface area contributed by atoms with Crippen molar-refractivity contribution >= 4 is 23.9 Å². The monoisotopic (exact) mass is 814 g/mol. The number of hydrogen-bond donors (Lipinski definition) is 1. The van der Waals surface area contributed by atoms with Gasteiger partial charge in [-0.1, -0.05) is 89.0 Å². The molecule has 0 bridgehead atoms. The first-order chi connectivity index (χ1) is 29.3. The third kappa shape index (κ3) is 15.4. The minimum Gasteiger partial charge on any atom is -0.494 e. The Morgan fingerprint density at radius 2 is 0.817 bits per heavy atom. The van der Waals surface area contributed by atoms with Gasteiger partial charge < -0.3 is 28.8 Å². The van der Waals surface area contributed by atoms with Crippen molar-refractivity contribution in [2.45, 2.75) is 90.4 Å². The number of rotatable bonds is 25. The normalized spacial score (nSPS) is 10.8. The number of unbranched alkanes of at least 4 members (excludes halogenated alkanes) is 10. The van der Waals surface area contributed by atoms with Gasteiger partial charge >= 0.3 is 23.9 Å². The van der Waals surface area contributed by atoms with Crippen LogP contribution in [0.25, 0.3) is 11.1 Å². The van der Waals surface area contributed by atoms with Crippen molar-refractivity contribution < 1.29 is 48.0 Å². The number of carbonyl (C=O) groups excluding carboxylic acids is 3. The van der Waals surface area contributed by atoms with Crippen molar-refractivity contribution in [3.63, 3.8) is 0 Å². The van der Waals surface area contributed by atoms with Crippen LogP contribution in [0.4, 0.5) is 0 Å². The second kappa shape index (κ2) is 24.5. The molecule has 60 heavy (non-hydrogen) atoms. The van der Waals surface area contributed by atoms with E-state index in [0.29, 0.717) is 65.9 Å². The molecular weight excluding hydrogens is 761 g/mol. The lowest BCUT2D eigenvalue weighted by atomic mass is 10.1. The number of aliphatic carboxylic acids is 1. The lowest BCUT2D eigenvalue weighted by Gasteiger charge is -2.10. The second-order valence-corrected chi connectivity index (χ2v) is 14.5. The van der Waals surface area contributed by atoms with Gasteiger partial charge in [0.2, 0.25) is 0 Å². The van der Waals surface area contributed by atoms with Crippen molar-refractivity contribution in [3.8, 4) is 39.9 Å². The van der Waals surface area contributed by atoms with Crippen molar-refractivity contribution in [2.75, 3.05) is 13.2 Å². The van der Waals surface area contributed by atoms with Crippen molar-refractivity contribution in [1.29, 1.82) is 0 Å². The molecule has 0 aromatic heterocycles. The van der Waals surface area contributed by atoms with Gasteiger partial charge in [-0.15, -0.1) is 0 Å². The maximum Gasteiger partial charge on any atom is 0.343 e. The van der Waals surface area contributed by atoms with E-state index in [2.05, 4.69) is 6.92 Å². The summed E-state index contributed by atoms with van der Waals surface area (Å²) in [7, 11) is 0. The Bertz CT molecular complexity index is 2090. The van der Waals surface area contributed by atoms with Crippen molar-refractivity contribution in [1.82, 2.24) is 0 Å². The zero-order valence-electron chi connectivity index (χ0n) is 34.3. The molecule has 0 fully saturated rings. The zero-order chi connectivity index (χ0) is 42.4. The van der Waals surface area contributed by atoms with E-state index in [1.807, 2.05) is 6.07 Å². The van der Waals surface area contributed by atoms with Crippen molar-refractivity contribution in [2.24, 2.45) is 0 Å². The van der Waals surface area contributed by atoms with Crippen LogP contribution in [0.1, 0.15) is 121 Å². The van der Waals surface area contributed by atoms with E-state index in [9.17, 15) is 19.2 Å². The molecule has 314 valence electrons. The van der Waals surface area contributed by atoms with E-state index in [1.54, 1.807) is 103 Å². The Kier molecular flexibility index (Phi) is 18.2. The average molecular weight is 815 g/mol. The summed E-state index contributed by atoms with van der Waals surface area (Å²) in [6, 6.07) is 33.6. The first-order valence-corrected chi connectivity index (χ1v) is 20.9. The summed E-state index contributed by atoms with van der Waals surface area (Å²) in [6.07, 6.45) is 13.9. The van der Waals surface area contributed by atoms with Crippen LogP contribution in [0.2, 0.25) is 0 Å². The van der Waals surface area contributed by atoms with Gasteiger partial charge in [-0.3, -0.25) is 4.79 Å². The van der Waals surface area contributed by atoms with E-state index in [4.69, 9.17) is 28.8 Å². The molecule has 5 aromatic carbocycles. The summed E-state index contributed by atoms with van der Waals surface area (Å²) in [5.74, 6) is -0.171. The fraction of sp³-hybridized carbons (Fsp3) is 0.320. The molecule has 0 heterocycles. The van der Waals surface area contributed by atoms with Gasteiger partial charge in [0.1, 0.15) is 28.7 Å². The number of carboxylic acids is 1. The summed E-state index contributed by atoms with van der Waals surface area (Å²) in [4.78, 5) is 49.1. The number of carboxylic acid groups (broad SMARTS) is 1. The molecule has 0 saturated heterocycles. The first kappa shape index (κ1) is 44.7. The third-order valence-corrected chi connectivity index (χ3v) is 9.74. The van der Waals surface area contributed by atoms with Crippen molar-refractivity contribution in [3.05, 3.63) is 138 Å². The maximum atomic E-state index is 13.0. The van der Waals surface area contributed by atoms with Crippen LogP contribution >= 0.6 is 0 Å². The highest BCUT2D eigenvalue weighted by Crippen LogP contribution is 2.27. The van der Waals surface area contributed by atoms with Crippen LogP contribution < -0.4 is 23.7 Å². The Balaban J connectivity index is 1.02. The van der Waals surface area contributed by atoms with Gasteiger partial charge in [0, 0.05) is 6.42 Å². The molecular formula is C50H54O10. The highest BCUT2D eigenvalue weighted by molar-refractivity contribution is 5.93. The van der Waals surface area contributed by atoms with Gasteiger partial charge in [0.15, 0.2) is 0 Å². The second-order valence-electron chi connectivity index (χ2n) is 14.5. The highest BCUT2D eigenvalue weighted by Gasteiger charge is 2.14. The third-order valence-electron chi connectivity index (χ3n) is 9.74. The largest absolute Gasteiger partial charge is 0.494 e. The van der Waals surface area contributed by atoms with Crippen LogP contribution in [0.3, 0.4) is 0 Å². The smallest absolute Gasteiger partial charge is 0.343 e. The van der Waals surface area contributed by atoms with E-state index in [1.165, 1.54) is 63.5 Å². The summed E-state index contributed by atoms with van der Waals surface area (Å²) < 4.78 is 28.2. The molecule has 0 radical (unpaired) electrons. The molecule has 5 rings (SSSR count). The molecule has 5 aromatic rings. The number of carbonyl (C=O) groups is 4. The van der Waals surface area contributed by atoms with E-state index in [-0.39, 0.29) is 12.0 Å². The summed E-state index contributed by atoms with van der Waals surface area (Å²) >= 11 is 0. The van der Waals surface area contributed by atoms with E-state index >= 15 is 0 Å². The van der Waals surface area contributed by atoms with Crippen LogP contribution in [-0.4, -0.2) is 42.2 Å². The minimum absolute atomic E-state index is 0.101. The van der Waals surface area contributed by atoms with Crippen LogP contribution in [0.5, 0.6) is 28.7 Å². The Morgan fingerprint density at radius 3 is 1.28 bits per heavy atom. The first-order valence-electron chi connectivity index (χ1n) is 20.9. The maximum absolute atomic E-state index is 13.0. The molecule has 0 amide bonds. The lowest BCUT2D eigenvalue weighted by Crippen LogP contribution is -2.10. The number of benzene rings is 5. The number of esters is 3. The van der Waals surface area contributed by atoms with Gasteiger partial charge in [0.25, 0.3) is 0 Å². The van der Waals surface area contributed by atoms with Gasteiger partial charge in [-0.05, 0) is 127 Å². The van der Waals surface area contributed by atoms with Crippen LogP contribution in [-0.2, 0) is 4.79 Å². The lowest BCUT2D eigenvalue weighted by molar-refractivity contribution is -0.137. The SMILES string of the molecule is CCCCCCCCCCCCOc1ccc(C(=O)Oc2ccc(C(=O)Oc3cccc(-c4ccc(OC(=O)c5ccc(OCCCCC(=O)O)cc5)cc4)c3)cc2)cc1. The minimum atomic E-state index is -0.832. The van der Waals surface area contributed by atoms with Crippen LogP contribution in [0, 0.1) is 0 Å². The van der Waals surface area contributed by atoms with E-state index < -0.39 is 23.9 Å². The molecule has 1 N–H and O–H groups in total. The zero-order valence-corrected chi connectivity index (χ0v) is 34.3. The Morgan fingerprint density at radius 1 is 0.417 bits per heavy atom. The topological polar surface area (TPSA) is 135 Å². The fourth-order valence-corrected chi connectivity index (χ4v) is 6.33. The number of ether oxygens (including phenoxy) is 5. The van der Waals surface area contributed by atoms with Gasteiger partial charge in [-0.25, -0.2) is 14.4 Å². The molecule has 10 nitrogen and oxygen atoms in total.